The van der Waals surface area contributed by atoms with Crippen molar-refractivity contribution in [3.05, 3.63) is 24.4 Å². The zero-order valence-corrected chi connectivity index (χ0v) is 8.42. The molecule has 0 saturated heterocycles. The van der Waals surface area contributed by atoms with Crippen LogP contribution in [0.2, 0.25) is 0 Å². The van der Waals surface area contributed by atoms with Gasteiger partial charge in [0.2, 0.25) is 0 Å². The summed E-state index contributed by atoms with van der Waals surface area (Å²) in [7, 11) is 1.71. The Kier molecular flexibility index (Phi) is 4.20. The topological polar surface area (TPSA) is 59.6 Å². The van der Waals surface area contributed by atoms with Crippen LogP contribution in [0.1, 0.15) is 13.8 Å². The molecule has 0 bridgehead atoms. The van der Waals surface area contributed by atoms with Crippen LogP contribution in [-0.4, -0.2) is 19.3 Å². The summed E-state index contributed by atoms with van der Waals surface area (Å²) in [5.41, 5.74) is 5.22. The van der Waals surface area contributed by atoms with Crippen LogP contribution in [0.5, 0.6) is 0 Å². The highest BCUT2D eigenvalue weighted by Crippen LogP contribution is 2.15. The minimum absolute atomic E-state index is 0.424. The van der Waals surface area contributed by atoms with E-state index in [2.05, 4.69) is 23.6 Å². The van der Waals surface area contributed by atoms with Gasteiger partial charge in [0.25, 0.3) is 0 Å². The molecule has 0 aliphatic carbocycles. The van der Waals surface area contributed by atoms with Crippen molar-refractivity contribution in [2.45, 2.75) is 19.4 Å². The van der Waals surface area contributed by atoms with Crippen LogP contribution >= 0.6 is 0 Å². The average molecular weight is 183 g/mol. The number of nitrogens with two attached hydrogens (primary N) is 1. The van der Waals surface area contributed by atoms with E-state index in [1.54, 1.807) is 7.05 Å². The van der Waals surface area contributed by atoms with Crippen molar-refractivity contribution < 1.29 is 4.74 Å². The lowest BCUT2D eigenvalue weighted by atomic mass is 10.1. The molecule has 4 heteroatoms. The number of hydrogen-bond acceptors (Lipinski definition) is 4. The van der Waals surface area contributed by atoms with Gasteiger partial charge in [0.1, 0.15) is 5.76 Å². The van der Waals surface area contributed by atoms with Gasteiger partial charge in [-0.1, -0.05) is 0 Å². The van der Waals surface area contributed by atoms with Crippen LogP contribution in [0, 0.1) is 0 Å². The second kappa shape index (κ2) is 4.67. The molecule has 0 aromatic heterocycles. The Morgan fingerprint density at radius 2 is 2.15 bits per heavy atom. The molecule has 0 aromatic carbocycles. The van der Waals surface area contributed by atoms with Gasteiger partial charge in [0.15, 0.2) is 5.88 Å². The van der Waals surface area contributed by atoms with E-state index in [1.807, 2.05) is 13.8 Å². The minimum Gasteiger partial charge on any atom is -0.443 e. The Morgan fingerprint density at radius 1 is 1.62 bits per heavy atom. The van der Waals surface area contributed by atoms with Gasteiger partial charge in [0, 0.05) is 7.05 Å². The molecule has 13 heavy (non-hydrogen) atoms. The third-order valence-electron chi connectivity index (χ3n) is 1.36. The maximum atomic E-state index is 5.82. The highest BCUT2D eigenvalue weighted by molar-refractivity contribution is 5.27. The minimum atomic E-state index is -0.596. The van der Waals surface area contributed by atoms with E-state index in [4.69, 9.17) is 10.5 Å². The Morgan fingerprint density at radius 3 is 2.46 bits per heavy atom. The number of aliphatic imine (C=N–C) groups is 1. The Labute approximate surface area is 79.2 Å². The van der Waals surface area contributed by atoms with Crippen LogP contribution in [0.4, 0.5) is 0 Å². The second-order valence-electron chi connectivity index (χ2n) is 3.17. The van der Waals surface area contributed by atoms with E-state index in [1.165, 1.54) is 6.20 Å². The number of hydrogen-bond donors (Lipinski definition) is 2. The second-order valence-corrected chi connectivity index (χ2v) is 3.17. The summed E-state index contributed by atoms with van der Waals surface area (Å²) in [5, 5.41) is 2.75. The predicted octanol–water partition coefficient (Wildman–Crippen LogP) is 0.973. The van der Waals surface area contributed by atoms with E-state index in [9.17, 15) is 0 Å². The maximum absolute atomic E-state index is 5.82. The molecule has 0 fully saturated rings. The molecule has 0 spiro atoms. The third kappa shape index (κ3) is 4.32. The quantitative estimate of drug-likeness (QED) is 0.493. The van der Waals surface area contributed by atoms with Gasteiger partial charge in [-0.15, -0.1) is 0 Å². The molecule has 0 aliphatic rings. The fourth-order valence-corrected chi connectivity index (χ4v) is 0.591. The molecule has 0 aliphatic heterocycles. The summed E-state index contributed by atoms with van der Waals surface area (Å²) >= 11 is 0. The molecule has 0 saturated carbocycles. The molecule has 0 rings (SSSR count). The van der Waals surface area contributed by atoms with Crippen molar-refractivity contribution in [2.75, 3.05) is 7.05 Å². The van der Waals surface area contributed by atoms with Crippen LogP contribution in [0.3, 0.4) is 0 Å². The van der Waals surface area contributed by atoms with Gasteiger partial charge in [-0.2, -0.15) is 0 Å². The Balaban J connectivity index is 4.55. The summed E-state index contributed by atoms with van der Waals surface area (Å²) in [6, 6.07) is 0. The largest absolute Gasteiger partial charge is 0.443 e. The van der Waals surface area contributed by atoms with E-state index in [0.29, 0.717) is 11.6 Å². The molecule has 0 unspecified atom stereocenters. The standard InChI is InChI=1S/C9H17N3O/c1-7(12-5)13-8(6-11-4)9(2,3)10/h6,12H,1,4,10H2,2-3,5H3/b8-6+. The van der Waals surface area contributed by atoms with E-state index < -0.39 is 5.54 Å². The first-order chi connectivity index (χ1) is 5.91. The molecule has 0 atom stereocenters. The SMILES string of the molecule is C=N/C=C(/OC(=C)NC)C(C)(C)N. The number of ether oxygens (including phenoxy) is 1. The molecule has 0 amide bonds. The highest BCUT2D eigenvalue weighted by Gasteiger charge is 2.20. The monoisotopic (exact) mass is 183 g/mol. The zero-order valence-electron chi connectivity index (χ0n) is 8.42. The van der Waals surface area contributed by atoms with Crippen molar-refractivity contribution in [1.82, 2.24) is 5.32 Å². The summed E-state index contributed by atoms with van der Waals surface area (Å²) in [4.78, 5) is 3.60. The lowest BCUT2D eigenvalue weighted by Crippen LogP contribution is -2.36. The van der Waals surface area contributed by atoms with E-state index in [-0.39, 0.29) is 0 Å². The van der Waals surface area contributed by atoms with Crippen LogP contribution in [0.15, 0.2) is 29.4 Å². The third-order valence-corrected chi connectivity index (χ3v) is 1.36. The Hall–Kier alpha value is -1.29. The van der Waals surface area contributed by atoms with E-state index >= 15 is 0 Å². The van der Waals surface area contributed by atoms with Gasteiger partial charge in [-0.3, -0.25) is 4.99 Å². The number of nitrogens with zero attached hydrogens (tertiary/aromatic N) is 1. The summed E-state index contributed by atoms with van der Waals surface area (Å²) < 4.78 is 5.30. The first-order valence-corrected chi connectivity index (χ1v) is 3.91. The zero-order chi connectivity index (χ0) is 10.5. The fourth-order valence-electron chi connectivity index (χ4n) is 0.591. The highest BCUT2D eigenvalue weighted by atomic mass is 16.5. The van der Waals surface area contributed by atoms with Gasteiger partial charge < -0.3 is 15.8 Å². The summed E-state index contributed by atoms with van der Waals surface area (Å²) in [6.45, 7) is 10.6. The average Bonchev–Trinajstić information content (AvgIpc) is 2.01. The van der Waals surface area contributed by atoms with Crippen LogP contribution in [-0.2, 0) is 4.74 Å². The molecule has 0 aromatic rings. The normalized spacial score (nSPS) is 12.2. The molecular formula is C9H17N3O. The van der Waals surface area contributed by atoms with Gasteiger partial charge in [-0.05, 0) is 27.1 Å². The lowest BCUT2D eigenvalue weighted by Gasteiger charge is -2.22. The predicted molar refractivity (Wildman–Crippen MR) is 55.2 cm³/mol. The fraction of sp³-hybridized carbons (Fsp3) is 0.444. The van der Waals surface area contributed by atoms with Gasteiger partial charge in [-0.25, -0.2) is 0 Å². The molecular weight excluding hydrogens is 166 g/mol. The molecule has 0 heterocycles. The Bertz CT molecular complexity index is 226. The van der Waals surface area contributed by atoms with Crippen LogP contribution < -0.4 is 11.1 Å². The van der Waals surface area contributed by atoms with Crippen molar-refractivity contribution >= 4 is 6.72 Å². The van der Waals surface area contributed by atoms with Crippen molar-refractivity contribution in [1.29, 1.82) is 0 Å². The first-order valence-electron chi connectivity index (χ1n) is 3.91. The van der Waals surface area contributed by atoms with Gasteiger partial charge in [0.05, 0.1) is 11.7 Å². The summed E-state index contributed by atoms with van der Waals surface area (Å²) in [5.74, 6) is 0.940. The van der Waals surface area contributed by atoms with E-state index in [0.717, 1.165) is 0 Å². The number of rotatable bonds is 5. The lowest BCUT2D eigenvalue weighted by molar-refractivity contribution is 0.232. The molecule has 3 N–H and O–H groups in total. The number of nitrogens with one attached hydrogen (secondary N) is 1. The molecule has 0 radical (unpaired) electrons. The first kappa shape index (κ1) is 11.7. The van der Waals surface area contributed by atoms with Crippen molar-refractivity contribution in [2.24, 2.45) is 10.7 Å². The van der Waals surface area contributed by atoms with Crippen LogP contribution in [0.25, 0.3) is 0 Å². The van der Waals surface area contributed by atoms with Crippen molar-refractivity contribution in [3.8, 4) is 0 Å². The van der Waals surface area contributed by atoms with Gasteiger partial charge >= 0.3 is 0 Å². The summed E-state index contributed by atoms with van der Waals surface area (Å²) in [6.07, 6.45) is 1.47. The maximum Gasteiger partial charge on any atom is 0.185 e. The molecule has 74 valence electrons. The van der Waals surface area contributed by atoms with Crippen molar-refractivity contribution in [3.63, 3.8) is 0 Å². The molecule has 4 nitrogen and oxygen atoms in total. The smallest absolute Gasteiger partial charge is 0.185 e.